The van der Waals surface area contributed by atoms with Gasteiger partial charge in [0.05, 0.1) is 5.92 Å². The minimum atomic E-state index is -0.586. The maximum absolute atomic E-state index is 13.0. The number of amides is 1. The molecule has 110 valence electrons. The Bertz CT molecular complexity index is 451. The predicted octanol–water partition coefficient (Wildman–Crippen LogP) is 2.01. The zero-order valence-electron chi connectivity index (χ0n) is 11.6. The molecule has 1 aromatic rings. The first-order chi connectivity index (χ1) is 9.54. The van der Waals surface area contributed by atoms with Gasteiger partial charge in [-0.15, -0.1) is 0 Å². The van der Waals surface area contributed by atoms with Crippen LogP contribution in [0.3, 0.4) is 0 Å². The minimum absolute atomic E-state index is 0.00422. The van der Waals surface area contributed by atoms with Crippen molar-refractivity contribution in [1.29, 1.82) is 0 Å². The van der Waals surface area contributed by atoms with Crippen LogP contribution in [0.2, 0.25) is 0 Å². The second-order valence-electron chi connectivity index (χ2n) is 5.40. The van der Waals surface area contributed by atoms with Crippen LogP contribution in [0.1, 0.15) is 25.3 Å². The number of hydrogen-bond donors (Lipinski definition) is 2. The van der Waals surface area contributed by atoms with Gasteiger partial charge in [-0.05, 0) is 43.9 Å². The van der Waals surface area contributed by atoms with E-state index in [9.17, 15) is 13.6 Å². The number of benzene rings is 1. The molecular formula is C15H20F2N2O. The van der Waals surface area contributed by atoms with E-state index in [1.807, 2.05) is 0 Å². The number of carbonyl (C=O) groups is 1. The molecule has 5 heteroatoms. The summed E-state index contributed by atoms with van der Waals surface area (Å²) in [6, 6.07) is 3.89. The first-order valence-electron chi connectivity index (χ1n) is 7.00. The molecule has 1 heterocycles. The summed E-state index contributed by atoms with van der Waals surface area (Å²) in [7, 11) is 0. The Labute approximate surface area is 117 Å². The lowest BCUT2D eigenvalue weighted by Crippen LogP contribution is -2.44. The number of carbonyl (C=O) groups excluding carboxylic acids is 1. The second-order valence-corrected chi connectivity index (χ2v) is 5.40. The molecule has 1 amide bonds. The van der Waals surface area contributed by atoms with Crippen molar-refractivity contribution < 1.29 is 13.6 Å². The molecule has 3 nitrogen and oxygen atoms in total. The van der Waals surface area contributed by atoms with Crippen molar-refractivity contribution in [3.63, 3.8) is 0 Å². The molecule has 1 aromatic carbocycles. The van der Waals surface area contributed by atoms with Gasteiger partial charge in [-0.3, -0.25) is 4.79 Å². The highest BCUT2D eigenvalue weighted by Gasteiger charge is 2.23. The average molecular weight is 282 g/mol. The first kappa shape index (κ1) is 14.9. The SMILES string of the molecule is CC1CCC(C(=O)NCCc2cc(F)cc(F)c2)CN1. The Hall–Kier alpha value is -1.49. The van der Waals surface area contributed by atoms with Gasteiger partial charge in [0, 0.05) is 25.2 Å². The summed E-state index contributed by atoms with van der Waals surface area (Å²) in [6.07, 6.45) is 2.30. The van der Waals surface area contributed by atoms with E-state index >= 15 is 0 Å². The maximum atomic E-state index is 13.0. The van der Waals surface area contributed by atoms with Gasteiger partial charge in [0.15, 0.2) is 0 Å². The molecule has 20 heavy (non-hydrogen) atoms. The van der Waals surface area contributed by atoms with Crippen LogP contribution in [0.4, 0.5) is 8.78 Å². The van der Waals surface area contributed by atoms with Crippen molar-refractivity contribution in [2.24, 2.45) is 5.92 Å². The molecule has 0 aromatic heterocycles. The maximum Gasteiger partial charge on any atom is 0.224 e. The van der Waals surface area contributed by atoms with Gasteiger partial charge < -0.3 is 10.6 Å². The zero-order chi connectivity index (χ0) is 14.5. The van der Waals surface area contributed by atoms with E-state index in [0.717, 1.165) is 18.9 Å². The smallest absolute Gasteiger partial charge is 0.224 e. The summed E-state index contributed by atoms with van der Waals surface area (Å²) in [6.45, 7) is 3.20. The number of halogens is 2. The number of piperidine rings is 1. The molecule has 0 saturated carbocycles. The molecular weight excluding hydrogens is 262 g/mol. The van der Waals surface area contributed by atoms with Gasteiger partial charge >= 0.3 is 0 Å². The van der Waals surface area contributed by atoms with E-state index < -0.39 is 11.6 Å². The Morgan fingerprint density at radius 3 is 2.60 bits per heavy atom. The largest absolute Gasteiger partial charge is 0.355 e. The topological polar surface area (TPSA) is 41.1 Å². The highest BCUT2D eigenvalue weighted by molar-refractivity contribution is 5.79. The number of hydrogen-bond acceptors (Lipinski definition) is 2. The van der Waals surface area contributed by atoms with Crippen molar-refractivity contribution in [3.05, 3.63) is 35.4 Å². The highest BCUT2D eigenvalue weighted by atomic mass is 19.1. The molecule has 0 aliphatic carbocycles. The molecule has 2 N–H and O–H groups in total. The second kappa shape index (κ2) is 6.79. The van der Waals surface area contributed by atoms with Gasteiger partial charge in [0.25, 0.3) is 0 Å². The third kappa shape index (κ3) is 4.27. The van der Waals surface area contributed by atoms with Crippen molar-refractivity contribution in [1.82, 2.24) is 10.6 Å². The molecule has 1 fully saturated rings. The summed E-state index contributed by atoms with van der Waals surface area (Å²) in [5.41, 5.74) is 0.554. The lowest BCUT2D eigenvalue weighted by atomic mass is 9.95. The van der Waals surface area contributed by atoms with Gasteiger partial charge in [-0.1, -0.05) is 0 Å². The monoisotopic (exact) mass is 282 g/mol. The average Bonchev–Trinajstić information content (AvgIpc) is 2.38. The van der Waals surface area contributed by atoms with E-state index in [1.54, 1.807) is 0 Å². The van der Waals surface area contributed by atoms with E-state index in [0.29, 0.717) is 31.1 Å². The lowest BCUT2D eigenvalue weighted by molar-refractivity contribution is -0.125. The molecule has 2 unspecified atom stereocenters. The van der Waals surface area contributed by atoms with Crippen molar-refractivity contribution in [2.75, 3.05) is 13.1 Å². The standard InChI is InChI=1S/C15H20F2N2O/c1-10-2-3-12(9-19-10)15(20)18-5-4-11-6-13(16)8-14(17)7-11/h6-8,10,12,19H,2-5,9H2,1H3,(H,18,20). The van der Waals surface area contributed by atoms with E-state index in [-0.39, 0.29) is 11.8 Å². The minimum Gasteiger partial charge on any atom is -0.355 e. The third-order valence-corrected chi connectivity index (χ3v) is 3.67. The molecule has 0 radical (unpaired) electrons. The van der Waals surface area contributed by atoms with Crippen LogP contribution in [-0.2, 0) is 11.2 Å². The molecule has 1 aliphatic heterocycles. The van der Waals surface area contributed by atoms with Gasteiger partial charge in [-0.2, -0.15) is 0 Å². The summed E-state index contributed by atoms with van der Waals surface area (Å²) < 4.78 is 26.0. The zero-order valence-corrected chi connectivity index (χ0v) is 11.6. The van der Waals surface area contributed by atoms with Crippen LogP contribution < -0.4 is 10.6 Å². The molecule has 2 atom stereocenters. The Balaban J connectivity index is 1.76. The highest BCUT2D eigenvalue weighted by Crippen LogP contribution is 2.14. The third-order valence-electron chi connectivity index (χ3n) is 3.67. The Morgan fingerprint density at radius 1 is 1.30 bits per heavy atom. The Morgan fingerprint density at radius 2 is 2.00 bits per heavy atom. The van der Waals surface area contributed by atoms with E-state index in [2.05, 4.69) is 17.6 Å². The molecule has 2 rings (SSSR count). The summed E-state index contributed by atoms with van der Waals surface area (Å²) >= 11 is 0. The van der Waals surface area contributed by atoms with Gasteiger partial charge in [0.2, 0.25) is 5.91 Å². The first-order valence-corrected chi connectivity index (χ1v) is 7.00. The fourth-order valence-electron chi connectivity index (χ4n) is 2.45. The summed E-state index contributed by atoms with van der Waals surface area (Å²) in [5.74, 6) is -1.16. The fourth-order valence-corrected chi connectivity index (χ4v) is 2.45. The normalized spacial score (nSPS) is 22.6. The van der Waals surface area contributed by atoms with E-state index in [1.165, 1.54) is 12.1 Å². The predicted molar refractivity (Wildman–Crippen MR) is 73.3 cm³/mol. The molecule has 1 saturated heterocycles. The van der Waals surface area contributed by atoms with Crippen LogP contribution in [-0.4, -0.2) is 25.0 Å². The van der Waals surface area contributed by atoms with Crippen LogP contribution in [0.15, 0.2) is 18.2 Å². The van der Waals surface area contributed by atoms with Gasteiger partial charge in [0.1, 0.15) is 11.6 Å². The van der Waals surface area contributed by atoms with E-state index in [4.69, 9.17) is 0 Å². The van der Waals surface area contributed by atoms with Crippen LogP contribution in [0.5, 0.6) is 0 Å². The summed E-state index contributed by atoms with van der Waals surface area (Å²) in [4.78, 5) is 11.9. The fraction of sp³-hybridized carbons (Fsp3) is 0.533. The van der Waals surface area contributed by atoms with Crippen molar-refractivity contribution in [3.8, 4) is 0 Å². The van der Waals surface area contributed by atoms with Crippen molar-refractivity contribution in [2.45, 2.75) is 32.2 Å². The van der Waals surface area contributed by atoms with Gasteiger partial charge in [-0.25, -0.2) is 8.78 Å². The number of rotatable bonds is 4. The van der Waals surface area contributed by atoms with Crippen molar-refractivity contribution >= 4 is 5.91 Å². The number of nitrogens with one attached hydrogen (secondary N) is 2. The Kier molecular flexibility index (Phi) is 5.06. The lowest BCUT2D eigenvalue weighted by Gasteiger charge is -2.26. The summed E-state index contributed by atoms with van der Waals surface area (Å²) in [5, 5.41) is 6.11. The molecule has 1 aliphatic rings. The molecule has 0 bridgehead atoms. The van der Waals surface area contributed by atoms with Crippen LogP contribution >= 0.6 is 0 Å². The quantitative estimate of drug-likeness (QED) is 0.887. The van der Waals surface area contributed by atoms with Crippen LogP contribution in [0.25, 0.3) is 0 Å². The van der Waals surface area contributed by atoms with Crippen LogP contribution in [0, 0.1) is 17.6 Å². The molecule has 0 spiro atoms.